The van der Waals surface area contributed by atoms with Gasteiger partial charge in [0.15, 0.2) is 6.61 Å². The molecule has 18 heavy (non-hydrogen) atoms. The smallest absolute Gasteiger partial charge is 0.264 e. The number of fused-ring (bicyclic) bond motifs is 1. The highest BCUT2D eigenvalue weighted by molar-refractivity contribution is 5.97. The molecule has 94 valence electrons. The second-order valence-corrected chi connectivity index (χ2v) is 4.69. The molecule has 1 saturated heterocycles. The number of ether oxygens (including phenoxy) is 2. The maximum absolute atomic E-state index is 11.6. The van der Waals surface area contributed by atoms with Crippen molar-refractivity contribution < 1.29 is 19.1 Å². The van der Waals surface area contributed by atoms with Crippen LogP contribution >= 0.6 is 0 Å². The van der Waals surface area contributed by atoms with Crippen LogP contribution in [0, 0.1) is 0 Å². The summed E-state index contributed by atoms with van der Waals surface area (Å²) in [6.07, 6.45) is 0.920. The fraction of sp³-hybridized carbons (Fsp3) is 0.385. The number of likely N-dealkylation sites (N-methyl/N-ethyl adjacent to an activating group) is 1. The van der Waals surface area contributed by atoms with Gasteiger partial charge in [-0.1, -0.05) is 6.07 Å². The van der Waals surface area contributed by atoms with E-state index in [2.05, 4.69) is 0 Å². The first kappa shape index (κ1) is 11.2. The van der Waals surface area contributed by atoms with Crippen molar-refractivity contribution in [2.75, 3.05) is 31.8 Å². The minimum absolute atomic E-state index is 0.0603. The Labute approximate surface area is 104 Å². The minimum Gasteiger partial charge on any atom is -0.482 e. The van der Waals surface area contributed by atoms with E-state index in [0.717, 1.165) is 11.8 Å². The predicted molar refractivity (Wildman–Crippen MR) is 63.9 cm³/mol. The molecule has 1 aromatic rings. The molecule has 5 nitrogen and oxygen atoms in total. The zero-order chi connectivity index (χ0) is 12.8. The number of carbonyl (C=O) groups is 2. The van der Waals surface area contributed by atoms with Crippen LogP contribution in [0.2, 0.25) is 0 Å². The number of aldehydes is 1. The molecule has 0 spiro atoms. The maximum atomic E-state index is 11.6. The first-order valence-electron chi connectivity index (χ1n) is 5.74. The summed E-state index contributed by atoms with van der Waals surface area (Å²) in [7, 11) is 1.71. The van der Waals surface area contributed by atoms with Gasteiger partial charge in [-0.2, -0.15) is 0 Å². The van der Waals surface area contributed by atoms with E-state index in [4.69, 9.17) is 9.47 Å². The molecule has 1 fully saturated rings. The molecule has 2 aliphatic rings. The van der Waals surface area contributed by atoms with Crippen LogP contribution in [0.4, 0.5) is 5.69 Å². The van der Waals surface area contributed by atoms with E-state index < -0.39 is 5.41 Å². The van der Waals surface area contributed by atoms with Crippen molar-refractivity contribution >= 4 is 17.9 Å². The van der Waals surface area contributed by atoms with Gasteiger partial charge >= 0.3 is 0 Å². The van der Waals surface area contributed by atoms with E-state index in [0.29, 0.717) is 24.7 Å². The van der Waals surface area contributed by atoms with Crippen molar-refractivity contribution in [1.29, 1.82) is 0 Å². The van der Waals surface area contributed by atoms with Gasteiger partial charge in [-0.3, -0.25) is 4.79 Å². The fourth-order valence-electron chi connectivity index (χ4n) is 2.21. The number of benzene rings is 1. The highest BCUT2D eigenvalue weighted by Gasteiger charge is 2.41. The van der Waals surface area contributed by atoms with Crippen LogP contribution < -0.4 is 9.64 Å². The SMILES string of the molecule is CN1C(=O)COc2ccc(C3(C=O)COC3)cc21. The quantitative estimate of drug-likeness (QED) is 0.714. The zero-order valence-corrected chi connectivity index (χ0v) is 10.0. The first-order valence-corrected chi connectivity index (χ1v) is 5.74. The van der Waals surface area contributed by atoms with E-state index in [-0.39, 0.29) is 12.5 Å². The standard InChI is InChI=1S/C13H13NO4/c1-14-10-4-9(13(6-15)7-17-8-13)2-3-11(10)18-5-12(14)16/h2-4,6H,5,7-8H2,1H3. The Hall–Kier alpha value is -1.88. The average Bonchev–Trinajstić information content (AvgIpc) is 2.34. The summed E-state index contributed by atoms with van der Waals surface area (Å²) in [5.41, 5.74) is 1.01. The molecular formula is C13H13NO4. The summed E-state index contributed by atoms with van der Waals surface area (Å²) >= 11 is 0. The summed E-state index contributed by atoms with van der Waals surface area (Å²) < 4.78 is 10.5. The van der Waals surface area contributed by atoms with Crippen LogP contribution in [-0.2, 0) is 19.7 Å². The van der Waals surface area contributed by atoms with Gasteiger partial charge in [-0.15, -0.1) is 0 Å². The molecule has 0 unspecified atom stereocenters. The lowest BCUT2D eigenvalue weighted by Crippen LogP contribution is -2.48. The van der Waals surface area contributed by atoms with Crippen LogP contribution in [0.3, 0.4) is 0 Å². The Morgan fingerprint density at radius 1 is 1.39 bits per heavy atom. The van der Waals surface area contributed by atoms with Gasteiger partial charge in [0.1, 0.15) is 12.0 Å². The van der Waals surface area contributed by atoms with Crippen molar-refractivity contribution in [3.8, 4) is 5.75 Å². The summed E-state index contributed by atoms with van der Waals surface area (Å²) in [6.45, 7) is 0.854. The van der Waals surface area contributed by atoms with E-state index in [9.17, 15) is 9.59 Å². The lowest BCUT2D eigenvalue weighted by Gasteiger charge is -2.38. The van der Waals surface area contributed by atoms with Gasteiger partial charge < -0.3 is 19.2 Å². The molecule has 1 aromatic carbocycles. The Balaban J connectivity index is 2.05. The topological polar surface area (TPSA) is 55.8 Å². The van der Waals surface area contributed by atoms with Gasteiger partial charge in [0.25, 0.3) is 5.91 Å². The van der Waals surface area contributed by atoms with Crippen molar-refractivity contribution in [3.05, 3.63) is 23.8 Å². The van der Waals surface area contributed by atoms with Crippen molar-refractivity contribution in [3.63, 3.8) is 0 Å². The molecule has 2 heterocycles. The van der Waals surface area contributed by atoms with Gasteiger partial charge in [0, 0.05) is 7.05 Å². The van der Waals surface area contributed by atoms with Crippen LogP contribution in [0.5, 0.6) is 5.75 Å². The highest BCUT2D eigenvalue weighted by atomic mass is 16.5. The van der Waals surface area contributed by atoms with Crippen LogP contribution in [0.1, 0.15) is 5.56 Å². The van der Waals surface area contributed by atoms with Crippen LogP contribution in [0.15, 0.2) is 18.2 Å². The molecule has 5 heteroatoms. The zero-order valence-electron chi connectivity index (χ0n) is 10.0. The number of hydrogen-bond donors (Lipinski definition) is 0. The Morgan fingerprint density at radius 3 is 2.78 bits per heavy atom. The lowest BCUT2D eigenvalue weighted by molar-refractivity contribution is -0.129. The maximum Gasteiger partial charge on any atom is 0.264 e. The highest BCUT2D eigenvalue weighted by Crippen LogP contribution is 2.38. The number of hydrogen-bond acceptors (Lipinski definition) is 4. The Morgan fingerprint density at radius 2 is 2.17 bits per heavy atom. The van der Waals surface area contributed by atoms with Crippen molar-refractivity contribution in [1.82, 2.24) is 0 Å². The molecule has 0 aliphatic carbocycles. The van der Waals surface area contributed by atoms with E-state index >= 15 is 0 Å². The van der Waals surface area contributed by atoms with Crippen LogP contribution in [-0.4, -0.2) is 39.1 Å². The summed E-state index contributed by atoms with van der Waals surface area (Å²) in [5.74, 6) is 0.576. The summed E-state index contributed by atoms with van der Waals surface area (Å²) in [6, 6.07) is 5.50. The van der Waals surface area contributed by atoms with E-state index in [1.807, 2.05) is 12.1 Å². The minimum atomic E-state index is -0.559. The molecule has 0 saturated carbocycles. The first-order chi connectivity index (χ1) is 8.66. The third-order valence-corrected chi connectivity index (χ3v) is 3.57. The molecule has 2 aliphatic heterocycles. The lowest BCUT2D eigenvalue weighted by atomic mass is 9.80. The molecule has 0 N–H and O–H groups in total. The third-order valence-electron chi connectivity index (χ3n) is 3.57. The third kappa shape index (κ3) is 1.44. The summed E-state index contributed by atoms with van der Waals surface area (Å²) in [5, 5.41) is 0. The largest absolute Gasteiger partial charge is 0.482 e. The van der Waals surface area contributed by atoms with Crippen LogP contribution in [0.25, 0.3) is 0 Å². The van der Waals surface area contributed by atoms with Gasteiger partial charge in [0.05, 0.1) is 24.3 Å². The monoisotopic (exact) mass is 247 g/mol. The predicted octanol–water partition coefficient (Wildman–Crippen LogP) is 0.509. The molecule has 0 aromatic heterocycles. The number of amides is 1. The molecule has 0 radical (unpaired) electrons. The number of anilines is 1. The molecule has 3 rings (SSSR count). The molecule has 1 amide bonds. The number of carbonyl (C=O) groups excluding carboxylic acids is 2. The summed E-state index contributed by atoms with van der Waals surface area (Å²) in [4.78, 5) is 24.4. The van der Waals surface area contributed by atoms with E-state index in [1.165, 1.54) is 0 Å². The van der Waals surface area contributed by atoms with Crippen molar-refractivity contribution in [2.24, 2.45) is 0 Å². The molecule has 0 bridgehead atoms. The average molecular weight is 247 g/mol. The molecular weight excluding hydrogens is 234 g/mol. The van der Waals surface area contributed by atoms with E-state index in [1.54, 1.807) is 18.0 Å². The fourth-order valence-corrected chi connectivity index (χ4v) is 2.21. The number of nitrogens with zero attached hydrogens (tertiary/aromatic N) is 1. The van der Waals surface area contributed by atoms with Crippen molar-refractivity contribution in [2.45, 2.75) is 5.41 Å². The normalized spacial score (nSPS) is 20.7. The van der Waals surface area contributed by atoms with Gasteiger partial charge in [0.2, 0.25) is 0 Å². The van der Waals surface area contributed by atoms with Gasteiger partial charge in [-0.05, 0) is 17.7 Å². The Bertz CT molecular complexity index is 522. The Kier molecular flexibility index (Phi) is 2.38. The second-order valence-electron chi connectivity index (χ2n) is 4.69. The number of rotatable bonds is 2. The second kappa shape index (κ2) is 3.81. The molecule has 0 atom stereocenters. The van der Waals surface area contributed by atoms with Gasteiger partial charge in [-0.25, -0.2) is 0 Å².